The Bertz CT molecular complexity index is 480. The lowest BCUT2D eigenvalue weighted by Crippen LogP contribution is -2.48. The highest BCUT2D eigenvalue weighted by molar-refractivity contribution is 5.85. The Hall–Kier alpha value is -1.54. The molecule has 0 radical (unpaired) electrons. The average Bonchev–Trinajstić information content (AvgIpc) is 3.47. The number of fused-ring (bicyclic) bond motifs is 1. The monoisotopic (exact) mass is 338 g/mol. The molecule has 4 amide bonds. The van der Waals surface area contributed by atoms with Gasteiger partial charge in [-0.2, -0.15) is 0 Å². The van der Waals surface area contributed by atoms with Crippen LogP contribution in [0.25, 0.3) is 0 Å². The first kappa shape index (κ1) is 16.0. The van der Waals surface area contributed by atoms with Crippen LogP contribution in [0.4, 0.5) is 9.59 Å². The lowest BCUT2D eigenvalue weighted by Gasteiger charge is -2.29. The summed E-state index contributed by atoms with van der Waals surface area (Å²) in [6, 6.07) is 0.0512. The van der Waals surface area contributed by atoms with Crippen LogP contribution < -0.4 is 0 Å². The summed E-state index contributed by atoms with van der Waals surface area (Å²) in [4.78, 5) is 33.4. The maximum absolute atomic E-state index is 13.0. The van der Waals surface area contributed by atoms with Crippen LogP contribution in [-0.2, 0) is 9.47 Å². The number of rotatable bonds is 8. The van der Waals surface area contributed by atoms with E-state index in [0.29, 0.717) is 39.4 Å². The van der Waals surface area contributed by atoms with Gasteiger partial charge in [-0.05, 0) is 12.8 Å². The summed E-state index contributed by atoms with van der Waals surface area (Å²) >= 11 is 0. The maximum Gasteiger partial charge on any atom is 0.323 e. The Morgan fingerprint density at radius 3 is 1.50 bits per heavy atom. The molecule has 4 rings (SSSR count). The summed E-state index contributed by atoms with van der Waals surface area (Å²) in [5, 5.41) is 0. The highest BCUT2D eigenvalue weighted by Crippen LogP contribution is 2.37. The fourth-order valence-electron chi connectivity index (χ4n) is 3.86. The van der Waals surface area contributed by atoms with E-state index in [4.69, 9.17) is 9.47 Å². The number of carbonyl (C=O) groups excluding carboxylic acids is 2. The molecule has 24 heavy (non-hydrogen) atoms. The molecule has 0 aromatic carbocycles. The van der Waals surface area contributed by atoms with Gasteiger partial charge in [0.1, 0.15) is 12.3 Å². The van der Waals surface area contributed by atoms with Crippen molar-refractivity contribution in [3.8, 4) is 0 Å². The fraction of sp³-hybridized carbons (Fsp3) is 0.875. The maximum atomic E-state index is 13.0. The van der Waals surface area contributed by atoms with Crippen LogP contribution in [0.5, 0.6) is 0 Å². The Morgan fingerprint density at radius 2 is 1.17 bits per heavy atom. The molecule has 0 spiro atoms. The van der Waals surface area contributed by atoms with Crippen LogP contribution >= 0.6 is 0 Å². The highest BCUT2D eigenvalue weighted by atomic mass is 16.6. The minimum Gasteiger partial charge on any atom is -0.371 e. The van der Waals surface area contributed by atoms with Gasteiger partial charge in [-0.1, -0.05) is 13.8 Å². The summed E-state index contributed by atoms with van der Waals surface area (Å²) < 4.78 is 10.7. The second-order valence-electron chi connectivity index (χ2n) is 6.99. The van der Waals surface area contributed by atoms with Gasteiger partial charge < -0.3 is 19.3 Å². The molecule has 0 aliphatic carbocycles. The van der Waals surface area contributed by atoms with Gasteiger partial charge in [0.05, 0.1) is 38.5 Å². The molecule has 0 aromatic heterocycles. The zero-order valence-corrected chi connectivity index (χ0v) is 14.4. The summed E-state index contributed by atoms with van der Waals surface area (Å²) in [6.07, 6.45) is 1.57. The van der Waals surface area contributed by atoms with Crippen molar-refractivity contribution in [2.75, 3.05) is 39.4 Å². The number of carbonyl (C=O) groups is 2. The normalized spacial score (nSPS) is 34.4. The van der Waals surface area contributed by atoms with Crippen molar-refractivity contribution in [1.29, 1.82) is 0 Å². The van der Waals surface area contributed by atoms with Crippen molar-refractivity contribution < 1.29 is 19.1 Å². The number of hydrogen-bond donors (Lipinski definition) is 0. The smallest absolute Gasteiger partial charge is 0.323 e. The van der Waals surface area contributed by atoms with Crippen LogP contribution in [0.3, 0.4) is 0 Å². The first-order chi connectivity index (χ1) is 11.7. The van der Waals surface area contributed by atoms with Crippen molar-refractivity contribution in [2.24, 2.45) is 0 Å². The second-order valence-corrected chi connectivity index (χ2v) is 6.99. The first-order valence-electron chi connectivity index (χ1n) is 9.03. The number of hydrogen-bond acceptors (Lipinski definition) is 4. The largest absolute Gasteiger partial charge is 0.371 e. The molecule has 4 unspecified atom stereocenters. The first-order valence-corrected chi connectivity index (χ1v) is 9.03. The van der Waals surface area contributed by atoms with E-state index >= 15 is 0 Å². The lowest BCUT2D eigenvalue weighted by molar-refractivity contribution is 0.117. The Kier molecular flexibility index (Phi) is 4.04. The van der Waals surface area contributed by atoms with E-state index in [1.807, 2.05) is 19.6 Å². The Labute approximate surface area is 142 Å². The molecule has 134 valence electrons. The topological polar surface area (TPSA) is 72.2 Å². The van der Waals surface area contributed by atoms with E-state index in [2.05, 4.69) is 13.8 Å². The van der Waals surface area contributed by atoms with Crippen molar-refractivity contribution in [3.63, 3.8) is 0 Å². The third-order valence-electron chi connectivity index (χ3n) is 5.06. The predicted octanol–water partition coefficient (Wildman–Crippen LogP) is 0.731. The summed E-state index contributed by atoms with van der Waals surface area (Å²) in [6.45, 7) is 8.00. The van der Waals surface area contributed by atoms with Gasteiger partial charge >= 0.3 is 12.1 Å². The highest BCUT2D eigenvalue weighted by Gasteiger charge is 2.59. The predicted molar refractivity (Wildman–Crippen MR) is 85.3 cm³/mol. The van der Waals surface area contributed by atoms with Crippen LogP contribution in [0.1, 0.15) is 26.7 Å². The van der Waals surface area contributed by atoms with Gasteiger partial charge in [-0.15, -0.1) is 0 Å². The molecule has 8 nitrogen and oxygen atoms in total. The SMILES string of the molecule is CCCN1C(=O)N(CCC)C2C1N(CC1CO1)C(=O)N2CC1CO1. The summed E-state index contributed by atoms with van der Waals surface area (Å²) in [5.74, 6) is 0. The second kappa shape index (κ2) is 6.07. The van der Waals surface area contributed by atoms with Crippen molar-refractivity contribution in [3.05, 3.63) is 0 Å². The molecule has 8 heteroatoms. The van der Waals surface area contributed by atoms with Crippen molar-refractivity contribution in [2.45, 2.75) is 51.2 Å². The molecule has 4 saturated heterocycles. The van der Waals surface area contributed by atoms with Gasteiger partial charge in [-0.3, -0.25) is 9.80 Å². The molecule has 0 N–H and O–H groups in total. The van der Waals surface area contributed by atoms with Crippen LogP contribution in [0.2, 0.25) is 0 Å². The number of ether oxygens (including phenoxy) is 2. The molecular formula is C16H26N4O4. The molecule has 0 bridgehead atoms. The Balaban J connectivity index is 1.64. The summed E-state index contributed by atoms with van der Waals surface area (Å²) in [5.41, 5.74) is 0. The van der Waals surface area contributed by atoms with E-state index in [1.165, 1.54) is 0 Å². The van der Waals surface area contributed by atoms with E-state index in [9.17, 15) is 9.59 Å². The van der Waals surface area contributed by atoms with Gasteiger partial charge in [0, 0.05) is 13.1 Å². The number of nitrogens with zero attached hydrogens (tertiary/aromatic N) is 4. The molecule has 0 saturated carbocycles. The van der Waals surface area contributed by atoms with E-state index < -0.39 is 0 Å². The molecule has 0 aromatic rings. The quantitative estimate of drug-likeness (QED) is 0.612. The molecule has 4 atom stereocenters. The van der Waals surface area contributed by atoms with E-state index in [0.717, 1.165) is 12.8 Å². The van der Waals surface area contributed by atoms with E-state index in [1.54, 1.807) is 0 Å². The zero-order valence-electron chi connectivity index (χ0n) is 14.4. The third kappa shape index (κ3) is 2.61. The van der Waals surface area contributed by atoms with E-state index in [-0.39, 0.29) is 36.6 Å². The van der Waals surface area contributed by atoms with Crippen LogP contribution in [-0.4, -0.2) is 95.6 Å². The molecule has 4 aliphatic rings. The molecule has 4 heterocycles. The fourth-order valence-corrected chi connectivity index (χ4v) is 3.86. The van der Waals surface area contributed by atoms with Crippen molar-refractivity contribution in [1.82, 2.24) is 19.6 Å². The number of amides is 4. The third-order valence-corrected chi connectivity index (χ3v) is 5.06. The minimum atomic E-state index is -0.209. The number of urea groups is 2. The van der Waals surface area contributed by atoms with Gasteiger partial charge in [-0.25, -0.2) is 9.59 Å². The average molecular weight is 338 g/mol. The standard InChI is InChI=1S/C16H26N4O4/c1-3-5-17-13-14(18(6-4-2)15(17)21)20(8-12-10-24-12)16(22)19(13)7-11-9-23-11/h11-14H,3-10H2,1-2H3. The van der Waals surface area contributed by atoms with Gasteiger partial charge in [0.2, 0.25) is 0 Å². The van der Waals surface area contributed by atoms with Gasteiger partial charge in [0.25, 0.3) is 0 Å². The zero-order chi connectivity index (χ0) is 16.8. The Morgan fingerprint density at radius 1 is 0.792 bits per heavy atom. The molecule has 4 fully saturated rings. The number of epoxide rings is 2. The molecule has 4 aliphatic heterocycles. The summed E-state index contributed by atoms with van der Waals surface area (Å²) in [7, 11) is 0. The lowest BCUT2D eigenvalue weighted by atomic mass is 10.3. The van der Waals surface area contributed by atoms with Crippen molar-refractivity contribution >= 4 is 12.1 Å². The minimum absolute atomic E-state index is 0.00528. The van der Waals surface area contributed by atoms with Crippen LogP contribution in [0.15, 0.2) is 0 Å². The van der Waals surface area contributed by atoms with Gasteiger partial charge in [0.15, 0.2) is 0 Å². The van der Waals surface area contributed by atoms with Crippen LogP contribution in [0, 0.1) is 0 Å². The molecular weight excluding hydrogens is 312 g/mol.